The number of rotatable bonds is 7. The first-order valence-electron chi connectivity index (χ1n) is 9.14. The van der Waals surface area contributed by atoms with Crippen molar-refractivity contribution in [1.29, 1.82) is 0 Å². The molecule has 1 saturated heterocycles. The number of hydrogen-bond acceptors (Lipinski definition) is 5. The van der Waals surface area contributed by atoms with Gasteiger partial charge in [-0.3, -0.25) is 14.5 Å². The number of ether oxygens (including phenoxy) is 1. The lowest BCUT2D eigenvalue weighted by molar-refractivity contribution is -0.122. The van der Waals surface area contributed by atoms with Crippen LogP contribution in [0.3, 0.4) is 0 Å². The van der Waals surface area contributed by atoms with Crippen molar-refractivity contribution in [2.75, 3.05) is 32.8 Å². The SMILES string of the molecule is CC(NC(=O)c1cccs1)C(=O)NCC(c1ccccc1)N1CCOCC1. The molecule has 0 saturated carbocycles. The summed E-state index contributed by atoms with van der Waals surface area (Å²) in [5, 5.41) is 7.59. The summed E-state index contributed by atoms with van der Waals surface area (Å²) in [5.41, 5.74) is 1.16. The summed E-state index contributed by atoms with van der Waals surface area (Å²) < 4.78 is 5.45. The Morgan fingerprint density at radius 1 is 1.15 bits per heavy atom. The van der Waals surface area contributed by atoms with E-state index in [0.717, 1.165) is 18.7 Å². The van der Waals surface area contributed by atoms with Crippen molar-refractivity contribution < 1.29 is 14.3 Å². The summed E-state index contributed by atoms with van der Waals surface area (Å²) in [6.07, 6.45) is 0. The van der Waals surface area contributed by atoms with Gasteiger partial charge >= 0.3 is 0 Å². The Morgan fingerprint density at radius 2 is 1.89 bits per heavy atom. The fourth-order valence-electron chi connectivity index (χ4n) is 3.11. The molecule has 0 spiro atoms. The second kappa shape index (κ2) is 9.64. The molecule has 1 aromatic heterocycles. The Balaban J connectivity index is 1.58. The van der Waals surface area contributed by atoms with Crippen LogP contribution < -0.4 is 10.6 Å². The molecule has 1 fully saturated rings. The molecule has 27 heavy (non-hydrogen) atoms. The second-order valence-electron chi connectivity index (χ2n) is 6.49. The summed E-state index contributed by atoms with van der Waals surface area (Å²) in [7, 11) is 0. The van der Waals surface area contributed by atoms with E-state index in [0.29, 0.717) is 24.6 Å². The Labute approximate surface area is 163 Å². The van der Waals surface area contributed by atoms with Crippen LogP contribution in [0.4, 0.5) is 0 Å². The lowest BCUT2D eigenvalue weighted by Crippen LogP contribution is -2.48. The molecule has 3 rings (SSSR count). The normalized spacial score (nSPS) is 17.1. The molecule has 2 amide bonds. The summed E-state index contributed by atoms with van der Waals surface area (Å²) >= 11 is 1.36. The monoisotopic (exact) mass is 387 g/mol. The Kier molecular flexibility index (Phi) is 6.98. The van der Waals surface area contributed by atoms with Gasteiger partial charge in [-0.2, -0.15) is 0 Å². The zero-order valence-electron chi connectivity index (χ0n) is 15.4. The van der Waals surface area contributed by atoms with Crippen LogP contribution in [0.2, 0.25) is 0 Å². The van der Waals surface area contributed by atoms with Gasteiger partial charge in [0.1, 0.15) is 6.04 Å². The molecule has 1 aromatic carbocycles. The molecule has 0 bridgehead atoms. The predicted octanol–water partition coefficient (Wildman–Crippen LogP) is 2.06. The fraction of sp³-hybridized carbons (Fsp3) is 0.400. The van der Waals surface area contributed by atoms with E-state index in [1.54, 1.807) is 13.0 Å². The van der Waals surface area contributed by atoms with Gasteiger partial charge in [0.2, 0.25) is 5.91 Å². The number of thiophene rings is 1. The zero-order valence-corrected chi connectivity index (χ0v) is 16.2. The highest BCUT2D eigenvalue weighted by molar-refractivity contribution is 7.12. The molecule has 7 heteroatoms. The maximum atomic E-state index is 12.5. The zero-order chi connectivity index (χ0) is 19.1. The molecule has 0 radical (unpaired) electrons. The number of amides is 2. The van der Waals surface area contributed by atoms with E-state index in [9.17, 15) is 9.59 Å². The first kappa shape index (κ1) is 19.5. The van der Waals surface area contributed by atoms with Crippen molar-refractivity contribution in [3.63, 3.8) is 0 Å². The molecule has 1 aliphatic rings. The molecule has 1 aliphatic heterocycles. The van der Waals surface area contributed by atoms with Gasteiger partial charge in [0.05, 0.1) is 24.1 Å². The molecule has 2 unspecified atom stereocenters. The number of hydrogen-bond donors (Lipinski definition) is 2. The molecule has 144 valence electrons. The number of nitrogens with zero attached hydrogens (tertiary/aromatic N) is 1. The van der Waals surface area contributed by atoms with Crippen LogP contribution in [0.25, 0.3) is 0 Å². The maximum Gasteiger partial charge on any atom is 0.261 e. The van der Waals surface area contributed by atoms with Crippen molar-refractivity contribution in [1.82, 2.24) is 15.5 Å². The molecule has 2 heterocycles. The maximum absolute atomic E-state index is 12.5. The number of benzene rings is 1. The van der Waals surface area contributed by atoms with Crippen molar-refractivity contribution in [2.45, 2.75) is 19.0 Å². The first-order chi connectivity index (χ1) is 13.1. The van der Waals surface area contributed by atoms with E-state index in [4.69, 9.17) is 4.74 Å². The summed E-state index contributed by atoms with van der Waals surface area (Å²) in [6.45, 7) is 5.25. The van der Waals surface area contributed by atoms with E-state index in [1.165, 1.54) is 11.3 Å². The first-order valence-corrected chi connectivity index (χ1v) is 10.0. The van der Waals surface area contributed by atoms with Crippen LogP contribution in [0.1, 0.15) is 28.2 Å². The predicted molar refractivity (Wildman–Crippen MR) is 106 cm³/mol. The minimum absolute atomic E-state index is 0.0826. The van der Waals surface area contributed by atoms with Crippen LogP contribution in [0.15, 0.2) is 47.8 Å². The summed E-state index contributed by atoms with van der Waals surface area (Å²) in [6, 6.07) is 13.2. The minimum Gasteiger partial charge on any atom is -0.379 e. The molecule has 6 nitrogen and oxygen atoms in total. The Morgan fingerprint density at radius 3 is 2.56 bits per heavy atom. The van der Waals surface area contributed by atoms with Crippen LogP contribution in [0, 0.1) is 0 Å². The summed E-state index contributed by atoms with van der Waals surface area (Å²) in [5.74, 6) is -0.408. The van der Waals surface area contributed by atoms with Crippen LogP contribution in [-0.2, 0) is 9.53 Å². The third-order valence-corrected chi connectivity index (χ3v) is 5.49. The average molecular weight is 388 g/mol. The lowest BCUT2D eigenvalue weighted by Gasteiger charge is -2.35. The quantitative estimate of drug-likeness (QED) is 0.763. The topological polar surface area (TPSA) is 70.7 Å². The van der Waals surface area contributed by atoms with Crippen molar-refractivity contribution in [2.24, 2.45) is 0 Å². The minimum atomic E-state index is -0.597. The van der Waals surface area contributed by atoms with Gasteiger partial charge in [0.15, 0.2) is 0 Å². The fourth-order valence-corrected chi connectivity index (χ4v) is 3.74. The van der Waals surface area contributed by atoms with E-state index >= 15 is 0 Å². The number of nitrogens with one attached hydrogen (secondary N) is 2. The molecular weight excluding hydrogens is 362 g/mol. The third kappa shape index (κ3) is 5.38. The van der Waals surface area contributed by atoms with Gasteiger partial charge in [-0.05, 0) is 23.9 Å². The second-order valence-corrected chi connectivity index (χ2v) is 7.44. The van der Waals surface area contributed by atoms with Crippen LogP contribution in [-0.4, -0.2) is 55.6 Å². The highest BCUT2D eigenvalue weighted by Crippen LogP contribution is 2.21. The van der Waals surface area contributed by atoms with Gasteiger partial charge in [-0.15, -0.1) is 11.3 Å². The van der Waals surface area contributed by atoms with Gasteiger partial charge in [0.25, 0.3) is 5.91 Å². The van der Waals surface area contributed by atoms with Crippen LogP contribution in [0.5, 0.6) is 0 Å². The number of carbonyl (C=O) groups is 2. The number of carbonyl (C=O) groups excluding carboxylic acids is 2. The Bertz CT molecular complexity index is 730. The van der Waals surface area contributed by atoms with Crippen molar-refractivity contribution in [3.8, 4) is 0 Å². The van der Waals surface area contributed by atoms with Gasteiger partial charge < -0.3 is 15.4 Å². The third-order valence-electron chi connectivity index (χ3n) is 4.63. The molecular formula is C20H25N3O3S. The Hall–Kier alpha value is -2.22. The summed E-state index contributed by atoms with van der Waals surface area (Å²) in [4.78, 5) is 27.6. The lowest BCUT2D eigenvalue weighted by atomic mass is 10.0. The highest BCUT2D eigenvalue weighted by Gasteiger charge is 2.24. The smallest absolute Gasteiger partial charge is 0.261 e. The molecule has 0 aliphatic carbocycles. The van der Waals surface area contributed by atoms with E-state index in [-0.39, 0.29) is 17.9 Å². The van der Waals surface area contributed by atoms with E-state index in [2.05, 4.69) is 27.7 Å². The van der Waals surface area contributed by atoms with E-state index < -0.39 is 6.04 Å². The molecule has 2 aromatic rings. The van der Waals surface area contributed by atoms with Gasteiger partial charge in [-0.25, -0.2) is 0 Å². The van der Waals surface area contributed by atoms with Crippen molar-refractivity contribution in [3.05, 3.63) is 58.3 Å². The standard InChI is InChI=1S/C20H25N3O3S/c1-15(22-20(25)18-8-5-13-27-18)19(24)21-14-17(16-6-3-2-4-7-16)23-9-11-26-12-10-23/h2-8,13,15,17H,9-12,14H2,1H3,(H,21,24)(H,22,25). The molecule has 2 N–H and O–H groups in total. The van der Waals surface area contributed by atoms with Crippen molar-refractivity contribution >= 4 is 23.2 Å². The highest BCUT2D eigenvalue weighted by atomic mass is 32.1. The van der Waals surface area contributed by atoms with Gasteiger partial charge in [-0.1, -0.05) is 36.4 Å². The largest absolute Gasteiger partial charge is 0.379 e. The van der Waals surface area contributed by atoms with E-state index in [1.807, 2.05) is 29.6 Å². The molecule has 2 atom stereocenters. The van der Waals surface area contributed by atoms with Crippen LogP contribution >= 0.6 is 11.3 Å². The van der Waals surface area contributed by atoms with Gasteiger partial charge in [0, 0.05) is 19.6 Å². The number of morpholine rings is 1. The average Bonchev–Trinajstić information content (AvgIpc) is 3.24.